The number of carbonyl (C=O) groups excluding carboxylic acids is 1. The van der Waals surface area contributed by atoms with E-state index in [-0.39, 0.29) is 12.1 Å². The van der Waals surface area contributed by atoms with Gasteiger partial charge in [-0.15, -0.1) is 0 Å². The number of nitrogens with one attached hydrogen (secondary N) is 1. The Morgan fingerprint density at radius 2 is 1.88 bits per heavy atom. The van der Waals surface area contributed by atoms with Gasteiger partial charge in [0.15, 0.2) is 0 Å². The van der Waals surface area contributed by atoms with E-state index in [1.807, 2.05) is 30.3 Å². The summed E-state index contributed by atoms with van der Waals surface area (Å²) < 4.78 is 10.9. The molecular weight excluding hydrogens is 218 g/mol. The molecule has 1 aromatic carbocycles. The zero-order chi connectivity index (χ0) is 11.7. The lowest BCUT2D eigenvalue weighted by Gasteiger charge is -2.35. The first-order chi connectivity index (χ1) is 8.30. The molecule has 2 aliphatic rings. The maximum Gasteiger partial charge on any atom is 0.408 e. The van der Waals surface area contributed by atoms with Crippen LogP contribution in [0, 0.1) is 0 Å². The maximum absolute atomic E-state index is 11.5. The van der Waals surface area contributed by atoms with Crippen LogP contribution < -0.4 is 5.32 Å². The summed E-state index contributed by atoms with van der Waals surface area (Å²) in [6.45, 7) is 1.30. The summed E-state index contributed by atoms with van der Waals surface area (Å²) >= 11 is 0. The summed E-state index contributed by atoms with van der Waals surface area (Å²) in [5.74, 6) is 0. The molecule has 0 radical (unpaired) electrons. The minimum atomic E-state index is -0.420. The second-order valence-corrected chi connectivity index (χ2v) is 4.55. The fourth-order valence-corrected chi connectivity index (χ4v) is 2.66. The van der Waals surface area contributed by atoms with Crippen LogP contribution >= 0.6 is 0 Å². The number of rotatable bonds is 1. The summed E-state index contributed by atoms with van der Waals surface area (Å²) in [6.07, 6.45) is 1.19. The Morgan fingerprint density at radius 1 is 1.18 bits per heavy atom. The van der Waals surface area contributed by atoms with Crippen LogP contribution in [0.25, 0.3) is 0 Å². The first-order valence-corrected chi connectivity index (χ1v) is 5.92. The molecule has 0 saturated carbocycles. The Labute approximate surface area is 99.9 Å². The highest BCUT2D eigenvalue weighted by molar-refractivity contribution is 5.71. The SMILES string of the molecule is O=C1NC(c2ccccc2)C2(CCOCC2)O1. The number of ether oxygens (including phenoxy) is 2. The van der Waals surface area contributed by atoms with Crippen molar-refractivity contribution in [2.45, 2.75) is 24.5 Å². The van der Waals surface area contributed by atoms with Crippen molar-refractivity contribution in [3.05, 3.63) is 35.9 Å². The van der Waals surface area contributed by atoms with Crippen LogP contribution in [0.2, 0.25) is 0 Å². The van der Waals surface area contributed by atoms with Gasteiger partial charge in [0.2, 0.25) is 0 Å². The lowest BCUT2D eigenvalue weighted by molar-refractivity contribution is -0.0595. The number of amides is 1. The normalized spacial score (nSPS) is 26.6. The molecule has 0 aromatic heterocycles. The topological polar surface area (TPSA) is 47.6 Å². The van der Waals surface area contributed by atoms with E-state index >= 15 is 0 Å². The average molecular weight is 233 g/mol. The summed E-state index contributed by atoms with van der Waals surface area (Å²) in [4.78, 5) is 11.5. The maximum atomic E-state index is 11.5. The van der Waals surface area contributed by atoms with Gasteiger partial charge in [0.05, 0.1) is 19.3 Å². The Balaban J connectivity index is 1.94. The molecule has 4 heteroatoms. The van der Waals surface area contributed by atoms with Gasteiger partial charge >= 0.3 is 6.09 Å². The van der Waals surface area contributed by atoms with Crippen LogP contribution in [0.5, 0.6) is 0 Å². The molecule has 1 atom stereocenters. The Hall–Kier alpha value is -1.55. The van der Waals surface area contributed by atoms with E-state index in [1.165, 1.54) is 0 Å². The standard InChI is InChI=1S/C13H15NO3/c15-12-14-11(10-4-2-1-3-5-10)13(17-12)6-8-16-9-7-13/h1-5,11H,6-9H2,(H,14,15). The zero-order valence-electron chi connectivity index (χ0n) is 9.52. The molecule has 2 fully saturated rings. The van der Waals surface area contributed by atoms with Crippen molar-refractivity contribution in [3.8, 4) is 0 Å². The number of hydrogen-bond acceptors (Lipinski definition) is 3. The van der Waals surface area contributed by atoms with E-state index in [4.69, 9.17) is 9.47 Å². The van der Waals surface area contributed by atoms with Crippen molar-refractivity contribution in [1.29, 1.82) is 0 Å². The van der Waals surface area contributed by atoms with Crippen molar-refractivity contribution in [1.82, 2.24) is 5.32 Å². The summed E-state index contributed by atoms with van der Waals surface area (Å²) in [6, 6.07) is 9.92. The number of benzene rings is 1. The van der Waals surface area contributed by atoms with Gasteiger partial charge in [0.25, 0.3) is 0 Å². The highest BCUT2D eigenvalue weighted by atomic mass is 16.6. The number of alkyl carbamates (subject to hydrolysis) is 1. The van der Waals surface area contributed by atoms with Crippen molar-refractivity contribution in [3.63, 3.8) is 0 Å². The summed E-state index contributed by atoms with van der Waals surface area (Å²) in [5, 5.41) is 2.91. The second-order valence-electron chi connectivity index (χ2n) is 4.55. The van der Waals surface area contributed by atoms with E-state index in [0.29, 0.717) is 13.2 Å². The molecule has 0 bridgehead atoms. The van der Waals surface area contributed by atoms with Gasteiger partial charge in [0, 0.05) is 12.8 Å². The third-order valence-electron chi connectivity index (χ3n) is 3.56. The van der Waals surface area contributed by atoms with Crippen LogP contribution in [0.3, 0.4) is 0 Å². The van der Waals surface area contributed by atoms with Gasteiger partial charge in [0.1, 0.15) is 5.60 Å². The van der Waals surface area contributed by atoms with E-state index in [1.54, 1.807) is 0 Å². The van der Waals surface area contributed by atoms with E-state index in [0.717, 1.165) is 18.4 Å². The van der Waals surface area contributed by atoms with Crippen LogP contribution in [0.4, 0.5) is 4.79 Å². The van der Waals surface area contributed by atoms with Crippen molar-refractivity contribution in [2.75, 3.05) is 13.2 Å². The summed E-state index contributed by atoms with van der Waals surface area (Å²) in [7, 11) is 0. The molecule has 1 aromatic rings. The first-order valence-electron chi connectivity index (χ1n) is 5.92. The predicted octanol–water partition coefficient (Wildman–Crippen LogP) is 2.02. The quantitative estimate of drug-likeness (QED) is 0.807. The van der Waals surface area contributed by atoms with E-state index in [9.17, 15) is 4.79 Å². The molecular formula is C13H15NO3. The van der Waals surface area contributed by atoms with E-state index in [2.05, 4.69) is 5.32 Å². The molecule has 2 saturated heterocycles. The summed E-state index contributed by atoms with van der Waals surface area (Å²) in [5.41, 5.74) is 0.678. The molecule has 1 N–H and O–H groups in total. The first kappa shape index (κ1) is 10.6. The van der Waals surface area contributed by atoms with E-state index < -0.39 is 5.60 Å². The molecule has 1 unspecified atom stereocenters. The second kappa shape index (κ2) is 4.04. The van der Waals surface area contributed by atoms with Crippen LogP contribution in [-0.4, -0.2) is 24.9 Å². The van der Waals surface area contributed by atoms with Crippen LogP contribution in [0.15, 0.2) is 30.3 Å². The highest BCUT2D eigenvalue weighted by Crippen LogP contribution is 2.41. The Bertz CT molecular complexity index is 412. The van der Waals surface area contributed by atoms with Crippen LogP contribution in [-0.2, 0) is 9.47 Å². The van der Waals surface area contributed by atoms with Gasteiger partial charge in [-0.05, 0) is 5.56 Å². The molecule has 17 heavy (non-hydrogen) atoms. The third kappa shape index (κ3) is 1.78. The fraction of sp³-hybridized carbons (Fsp3) is 0.462. The molecule has 3 rings (SSSR count). The Kier molecular flexibility index (Phi) is 2.52. The molecule has 2 aliphatic heterocycles. The van der Waals surface area contributed by atoms with Crippen LogP contribution in [0.1, 0.15) is 24.4 Å². The monoisotopic (exact) mass is 233 g/mol. The lowest BCUT2D eigenvalue weighted by atomic mass is 9.83. The smallest absolute Gasteiger partial charge is 0.408 e. The van der Waals surface area contributed by atoms with Crippen molar-refractivity contribution in [2.24, 2.45) is 0 Å². The van der Waals surface area contributed by atoms with Crippen molar-refractivity contribution < 1.29 is 14.3 Å². The van der Waals surface area contributed by atoms with Gasteiger partial charge < -0.3 is 14.8 Å². The third-order valence-corrected chi connectivity index (χ3v) is 3.56. The lowest BCUT2D eigenvalue weighted by Crippen LogP contribution is -2.42. The Morgan fingerprint density at radius 3 is 2.59 bits per heavy atom. The minimum absolute atomic E-state index is 0.0555. The molecule has 90 valence electrons. The molecule has 0 aliphatic carbocycles. The molecule has 2 heterocycles. The van der Waals surface area contributed by atoms with Gasteiger partial charge in [-0.3, -0.25) is 0 Å². The molecule has 1 amide bonds. The van der Waals surface area contributed by atoms with Gasteiger partial charge in [-0.25, -0.2) is 4.79 Å². The fourth-order valence-electron chi connectivity index (χ4n) is 2.66. The highest BCUT2D eigenvalue weighted by Gasteiger charge is 2.50. The number of carbonyl (C=O) groups is 1. The molecule has 4 nitrogen and oxygen atoms in total. The minimum Gasteiger partial charge on any atom is -0.440 e. The van der Waals surface area contributed by atoms with Gasteiger partial charge in [-0.1, -0.05) is 30.3 Å². The van der Waals surface area contributed by atoms with Gasteiger partial charge in [-0.2, -0.15) is 0 Å². The zero-order valence-corrected chi connectivity index (χ0v) is 9.52. The molecule has 1 spiro atoms. The largest absolute Gasteiger partial charge is 0.440 e. The number of hydrogen-bond donors (Lipinski definition) is 1. The van der Waals surface area contributed by atoms with Crippen molar-refractivity contribution >= 4 is 6.09 Å². The average Bonchev–Trinajstić information content (AvgIpc) is 2.68. The predicted molar refractivity (Wildman–Crippen MR) is 61.6 cm³/mol.